The van der Waals surface area contributed by atoms with Crippen LogP contribution in [0, 0.1) is 0 Å². The normalized spacial score (nSPS) is 10.7. The van der Waals surface area contributed by atoms with Gasteiger partial charge in [-0.25, -0.2) is 0 Å². The summed E-state index contributed by atoms with van der Waals surface area (Å²) < 4.78 is 5.25. The number of hydrogen-bond acceptors (Lipinski definition) is 3. The topological polar surface area (TPSA) is 24.5 Å². The Kier molecular flexibility index (Phi) is 9.42. The van der Waals surface area contributed by atoms with Gasteiger partial charge in [0.2, 0.25) is 0 Å². The van der Waals surface area contributed by atoms with Gasteiger partial charge in [-0.05, 0) is 14.0 Å². The molecule has 0 bridgehead atoms. The van der Waals surface area contributed by atoms with E-state index in [0.29, 0.717) is 0 Å². The van der Waals surface area contributed by atoms with E-state index in [9.17, 15) is 0 Å². The number of hydrogen-bond donors (Lipinski definition) is 1. The molecule has 0 amide bonds. The zero-order valence-electron chi connectivity index (χ0n) is 8.88. The number of rotatable bonds is 9. The van der Waals surface area contributed by atoms with E-state index < -0.39 is 0 Å². The monoisotopic (exact) mass is 186 g/mol. The maximum absolute atomic E-state index is 5.25. The highest BCUT2D eigenvalue weighted by molar-refractivity contribution is 4.69. The summed E-state index contributed by atoms with van der Waals surface area (Å²) in [6.45, 7) is 11.3. The van der Waals surface area contributed by atoms with Crippen molar-refractivity contribution in [3.63, 3.8) is 0 Å². The van der Waals surface area contributed by atoms with Gasteiger partial charge < -0.3 is 15.0 Å². The Hall–Kier alpha value is -0.380. The zero-order chi connectivity index (χ0) is 9.94. The van der Waals surface area contributed by atoms with Crippen molar-refractivity contribution >= 4 is 0 Å². The number of nitrogens with zero attached hydrogens (tertiary/aromatic N) is 1. The van der Waals surface area contributed by atoms with E-state index in [1.807, 2.05) is 13.0 Å². The van der Waals surface area contributed by atoms with Gasteiger partial charge in [-0.1, -0.05) is 6.08 Å². The molecular formula is C10H22N2O. The Labute approximate surface area is 81.8 Å². The van der Waals surface area contributed by atoms with Crippen molar-refractivity contribution < 1.29 is 4.74 Å². The molecule has 78 valence electrons. The smallest absolute Gasteiger partial charge is 0.0593 e. The molecule has 0 saturated heterocycles. The maximum atomic E-state index is 5.25. The number of likely N-dealkylation sites (N-methyl/N-ethyl adjacent to an activating group) is 1. The van der Waals surface area contributed by atoms with Gasteiger partial charge in [-0.2, -0.15) is 0 Å². The minimum atomic E-state index is 0.808. The molecule has 0 aliphatic carbocycles. The standard InChI is InChI=1S/C10H22N2O/c1-4-6-11-7-8-12(3)9-10-13-5-2/h4,11H,1,5-10H2,2-3H3. The number of nitrogens with one attached hydrogen (secondary N) is 1. The molecule has 0 radical (unpaired) electrons. The molecular weight excluding hydrogens is 164 g/mol. The summed E-state index contributed by atoms with van der Waals surface area (Å²) in [4.78, 5) is 2.26. The summed E-state index contributed by atoms with van der Waals surface area (Å²) in [5.74, 6) is 0. The number of ether oxygens (including phenoxy) is 1. The van der Waals surface area contributed by atoms with Crippen molar-refractivity contribution in [2.45, 2.75) is 6.92 Å². The summed E-state index contributed by atoms with van der Waals surface area (Å²) in [5.41, 5.74) is 0. The summed E-state index contributed by atoms with van der Waals surface area (Å²) in [7, 11) is 2.11. The molecule has 0 aromatic heterocycles. The van der Waals surface area contributed by atoms with E-state index in [4.69, 9.17) is 4.74 Å². The van der Waals surface area contributed by atoms with Crippen LogP contribution in [-0.2, 0) is 4.74 Å². The molecule has 1 N–H and O–H groups in total. The average molecular weight is 186 g/mol. The van der Waals surface area contributed by atoms with Gasteiger partial charge in [-0.15, -0.1) is 6.58 Å². The molecule has 0 aliphatic heterocycles. The van der Waals surface area contributed by atoms with Crippen LogP contribution in [-0.4, -0.2) is 51.3 Å². The van der Waals surface area contributed by atoms with E-state index in [2.05, 4.69) is 23.8 Å². The van der Waals surface area contributed by atoms with Crippen molar-refractivity contribution in [2.75, 3.05) is 46.4 Å². The lowest BCUT2D eigenvalue weighted by Crippen LogP contribution is -2.31. The van der Waals surface area contributed by atoms with E-state index in [0.717, 1.165) is 39.4 Å². The third-order valence-corrected chi connectivity index (χ3v) is 1.78. The lowest BCUT2D eigenvalue weighted by Gasteiger charge is -2.16. The third kappa shape index (κ3) is 9.53. The van der Waals surface area contributed by atoms with Crippen LogP contribution in [0.25, 0.3) is 0 Å². The van der Waals surface area contributed by atoms with Crippen LogP contribution in [0.5, 0.6) is 0 Å². The molecule has 0 aromatic rings. The fourth-order valence-corrected chi connectivity index (χ4v) is 0.951. The quantitative estimate of drug-likeness (QED) is 0.424. The molecule has 0 aromatic carbocycles. The second-order valence-corrected chi connectivity index (χ2v) is 2.99. The Balaban J connectivity index is 3.09. The van der Waals surface area contributed by atoms with Crippen LogP contribution in [0.4, 0.5) is 0 Å². The summed E-state index contributed by atoms with van der Waals surface area (Å²) in [6, 6.07) is 0. The van der Waals surface area contributed by atoms with E-state index in [-0.39, 0.29) is 0 Å². The van der Waals surface area contributed by atoms with Crippen LogP contribution in [0.3, 0.4) is 0 Å². The lowest BCUT2D eigenvalue weighted by molar-refractivity contribution is 0.122. The Morgan fingerprint density at radius 1 is 1.46 bits per heavy atom. The maximum Gasteiger partial charge on any atom is 0.0593 e. The van der Waals surface area contributed by atoms with E-state index in [1.165, 1.54) is 0 Å². The molecule has 0 rings (SSSR count). The molecule has 0 saturated carbocycles. The minimum Gasteiger partial charge on any atom is -0.380 e. The molecule has 0 aliphatic rings. The highest BCUT2D eigenvalue weighted by atomic mass is 16.5. The van der Waals surface area contributed by atoms with Gasteiger partial charge in [0.05, 0.1) is 6.61 Å². The summed E-state index contributed by atoms with van der Waals surface area (Å²) >= 11 is 0. The first-order chi connectivity index (χ1) is 6.31. The van der Waals surface area contributed by atoms with Crippen LogP contribution in [0.2, 0.25) is 0 Å². The van der Waals surface area contributed by atoms with Crippen LogP contribution < -0.4 is 5.32 Å². The molecule has 0 unspecified atom stereocenters. The first-order valence-corrected chi connectivity index (χ1v) is 4.89. The van der Waals surface area contributed by atoms with Gasteiger partial charge in [0.1, 0.15) is 0 Å². The average Bonchev–Trinajstić information content (AvgIpc) is 2.13. The summed E-state index contributed by atoms with van der Waals surface area (Å²) in [5, 5.41) is 3.26. The largest absolute Gasteiger partial charge is 0.380 e. The van der Waals surface area contributed by atoms with Crippen molar-refractivity contribution in [2.24, 2.45) is 0 Å². The highest BCUT2D eigenvalue weighted by Gasteiger charge is 1.95. The van der Waals surface area contributed by atoms with Crippen LogP contribution >= 0.6 is 0 Å². The fraction of sp³-hybridized carbons (Fsp3) is 0.800. The van der Waals surface area contributed by atoms with Crippen molar-refractivity contribution in [1.29, 1.82) is 0 Å². The second-order valence-electron chi connectivity index (χ2n) is 2.99. The second kappa shape index (κ2) is 9.71. The van der Waals surface area contributed by atoms with Crippen molar-refractivity contribution in [1.82, 2.24) is 10.2 Å². The third-order valence-electron chi connectivity index (χ3n) is 1.78. The Morgan fingerprint density at radius 2 is 2.23 bits per heavy atom. The summed E-state index contributed by atoms with van der Waals surface area (Å²) in [6.07, 6.45) is 1.88. The SMILES string of the molecule is C=CCNCCN(C)CCOCC. The van der Waals surface area contributed by atoms with Gasteiger partial charge in [0, 0.05) is 32.8 Å². The molecule has 0 spiro atoms. The highest BCUT2D eigenvalue weighted by Crippen LogP contribution is 1.82. The van der Waals surface area contributed by atoms with E-state index in [1.54, 1.807) is 0 Å². The van der Waals surface area contributed by atoms with Crippen molar-refractivity contribution in [3.8, 4) is 0 Å². The predicted octanol–water partition coefficient (Wildman–Crippen LogP) is 0.730. The molecule has 13 heavy (non-hydrogen) atoms. The predicted molar refractivity (Wildman–Crippen MR) is 57.1 cm³/mol. The lowest BCUT2D eigenvalue weighted by atomic mass is 10.5. The van der Waals surface area contributed by atoms with Crippen molar-refractivity contribution in [3.05, 3.63) is 12.7 Å². The van der Waals surface area contributed by atoms with E-state index >= 15 is 0 Å². The van der Waals surface area contributed by atoms with Crippen LogP contribution in [0.15, 0.2) is 12.7 Å². The van der Waals surface area contributed by atoms with Gasteiger partial charge in [-0.3, -0.25) is 0 Å². The van der Waals surface area contributed by atoms with Gasteiger partial charge >= 0.3 is 0 Å². The molecule has 0 atom stereocenters. The fourth-order valence-electron chi connectivity index (χ4n) is 0.951. The first-order valence-electron chi connectivity index (χ1n) is 4.89. The van der Waals surface area contributed by atoms with Gasteiger partial charge in [0.15, 0.2) is 0 Å². The van der Waals surface area contributed by atoms with Crippen LogP contribution in [0.1, 0.15) is 6.92 Å². The molecule has 3 heteroatoms. The first kappa shape index (κ1) is 12.6. The van der Waals surface area contributed by atoms with Gasteiger partial charge in [0.25, 0.3) is 0 Å². The molecule has 3 nitrogen and oxygen atoms in total. The molecule has 0 fully saturated rings. The molecule has 0 heterocycles. The zero-order valence-corrected chi connectivity index (χ0v) is 8.88. The minimum absolute atomic E-state index is 0.808. The Bertz CT molecular complexity index is 117. The Morgan fingerprint density at radius 3 is 2.85 bits per heavy atom.